The summed E-state index contributed by atoms with van der Waals surface area (Å²) in [7, 11) is -3.77. The molecule has 1 aliphatic heterocycles. The van der Waals surface area contributed by atoms with Crippen LogP contribution < -0.4 is 5.32 Å². The smallest absolute Gasteiger partial charge is 0.251 e. The summed E-state index contributed by atoms with van der Waals surface area (Å²) < 4.78 is 32.7. The molecule has 174 valence electrons. The molecule has 2 heterocycles. The van der Waals surface area contributed by atoms with Crippen LogP contribution in [0, 0.1) is 19.8 Å². The molecule has 3 rings (SSSR count). The first-order chi connectivity index (χ1) is 15.1. The second-order valence-electron chi connectivity index (χ2n) is 8.30. The minimum atomic E-state index is -3.77. The topological polar surface area (TPSA) is 113 Å². The van der Waals surface area contributed by atoms with Gasteiger partial charge in [0.1, 0.15) is 16.6 Å². The maximum absolute atomic E-state index is 13.3. The number of carbonyl (C=O) groups excluding carboxylic acids is 2. The lowest BCUT2D eigenvalue weighted by Gasteiger charge is -2.29. The van der Waals surface area contributed by atoms with Gasteiger partial charge in [0.25, 0.3) is 5.91 Å². The number of carbonyl (C=O) groups is 2. The number of aromatic nitrogens is 1. The van der Waals surface area contributed by atoms with Crippen LogP contribution in [0.3, 0.4) is 0 Å². The van der Waals surface area contributed by atoms with Gasteiger partial charge in [-0.25, -0.2) is 8.42 Å². The van der Waals surface area contributed by atoms with Crippen molar-refractivity contribution in [3.8, 4) is 0 Å². The van der Waals surface area contributed by atoms with E-state index in [0.717, 1.165) is 0 Å². The SMILES string of the molecule is Cc1noc(C)c1S(=O)(=O)N1CCCN(C(=O)[C@@H](NC(=O)c2ccccc2)C(C)C)CC1. The Balaban J connectivity index is 1.71. The molecule has 1 aromatic carbocycles. The van der Waals surface area contributed by atoms with Gasteiger partial charge in [0.05, 0.1) is 0 Å². The maximum Gasteiger partial charge on any atom is 0.251 e. The van der Waals surface area contributed by atoms with E-state index in [1.807, 2.05) is 19.9 Å². The van der Waals surface area contributed by atoms with Crippen LogP contribution in [0.1, 0.15) is 42.1 Å². The number of benzene rings is 1. The highest BCUT2D eigenvalue weighted by Crippen LogP contribution is 2.24. The van der Waals surface area contributed by atoms with Crippen molar-refractivity contribution >= 4 is 21.8 Å². The molecule has 2 aromatic rings. The van der Waals surface area contributed by atoms with Crippen molar-refractivity contribution < 1.29 is 22.5 Å². The van der Waals surface area contributed by atoms with E-state index >= 15 is 0 Å². The van der Waals surface area contributed by atoms with Crippen molar-refractivity contribution in [2.45, 2.75) is 45.1 Å². The largest absolute Gasteiger partial charge is 0.360 e. The van der Waals surface area contributed by atoms with Gasteiger partial charge in [-0.3, -0.25) is 9.59 Å². The van der Waals surface area contributed by atoms with E-state index in [1.54, 1.807) is 43.0 Å². The van der Waals surface area contributed by atoms with Crippen molar-refractivity contribution in [2.75, 3.05) is 26.2 Å². The Morgan fingerprint density at radius 1 is 1.06 bits per heavy atom. The number of aryl methyl sites for hydroxylation is 2. The van der Waals surface area contributed by atoms with Gasteiger partial charge in [-0.05, 0) is 38.3 Å². The summed E-state index contributed by atoms with van der Waals surface area (Å²) in [5, 5.41) is 6.60. The molecule has 0 bridgehead atoms. The van der Waals surface area contributed by atoms with E-state index in [2.05, 4.69) is 10.5 Å². The molecule has 0 radical (unpaired) electrons. The Morgan fingerprint density at radius 2 is 1.75 bits per heavy atom. The lowest BCUT2D eigenvalue weighted by Crippen LogP contribution is -2.52. The van der Waals surface area contributed by atoms with Gasteiger partial charge in [-0.15, -0.1) is 0 Å². The van der Waals surface area contributed by atoms with Crippen molar-refractivity contribution in [3.63, 3.8) is 0 Å². The van der Waals surface area contributed by atoms with Gasteiger partial charge >= 0.3 is 0 Å². The standard InChI is InChI=1S/C22H30N4O5S/c1-15(2)19(23-21(27)18-9-6-5-7-10-18)22(28)25-11-8-12-26(14-13-25)32(29,30)20-16(3)24-31-17(20)4/h5-7,9-10,15,19H,8,11-14H2,1-4H3,(H,23,27)/t19-/m0/s1. The number of rotatable bonds is 6. The lowest BCUT2D eigenvalue weighted by atomic mass is 10.0. The van der Waals surface area contributed by atoms with Gasteiger partial charge in [0.2, 0.25) is 15.9 Å². The third kappa shape index (κ3) is 5.02. The Morgan fingerprint density at radius 3 is 2.34 bits per heavy atom. The van der Waals surface area contributed by atoms with Crippen molar-refractivity contribution in [3.05, 3.63) is 47.3 Å². The molecule has 0 unspecified atom stereocenters. The molecule has 1 N–H and O–H groups in total. The summed E-state index contributed by atoms with van der Waals surface area (Å²) in [4.78, 5) is 27.6. The molecule has 1 fully saturated rings. The van der Waals surface area contributed by atoms with E-state index in [4.69, 9.17) is 4.52 Å². The van der Waals surface area contributed by atoms with E-state index < -0.39 is 16.1 Å². The predicted molar refractivity (Wildman–Crippen MR) is 118 cm³/mol. The van der Waals surface area contributed by atoms with Gasteiger partial charge in [0.15, 0.2) is 5.76 Å². The third-order valence-corrected chi connectivity index (χ3v) is 7.73. The summed E-state index contributed by atoms with van der Waals surface area (Å²) in [6, 6.07) is 8.05. The zero-order valence-corrected chi connectivity index (χ0v) is 19.7. The molecule has 10 heteroatoms. The van der Waals surface area contributed by atoms with Gasteiger partial charge in [-0.1, -0.05) is 37.2 Å². The average molecular weight is 463 g/mol. The Kier molecular flexibility index (Phi) is 7.35. The van der Waals surface area contributed by atoms with Crippen LogP contribution in [0.25, 0.3) is 0 Å². The molecule has 1 aliphatic rings. The molecule has 0 spiro atoms. The van der Waals surface area contributed by atoms with E-state index in [9.17, 15) is 18.0 Å². The lowest BCUT2D eigenvalue weighted by molar-refractivity contribution is -0.134. The van der Waals surface area contributed by atoms with Crippen LogP contribution in [0.15, 0.2) is 39.8 Å². The summed E-state index contributed by atoms with van der Waals surface area (Å²) in [6.45, 7) is 8.03. The monoisotopic (exact) mass is 462 g/mol. The number of hydrogen-bond acceptors (Lipinski definition) is 6. The van der Waals surface area contributed by atoms with Crippen LogP contribution in [-0.4, -0.2) is 66.8 Å². The summed E-state index contributed by atoms with van der Waals surface area (Å²) >= 11 is 0. The van der Waals surface area contributed by atoms with Crippen LogP contribution >= 0.6 is 0 Å². The van der Waals surface area contributed by atoms with Crippen LogP contribution in [0.5, 0.6) is 0 Å². The van der Waals surface area contributed by atoms with Crippen molar-refractivity contribution in [2.24, 2.45) is 5.92 Å². The van der Waals surface area contributed by atoms with Crippen LogP contribution in [0.2, 0.25) is 0 Å². The molecule has 0 aliphatic carbocycles. The molecule has 1 atom stereocenters. The fourth-order valence-electron chi connectivity index (χ4n) is 3.85. The highest BCUT2D eigenvalue weighted by atomic mass is 32.2. The minimum absolute atomic E-state index is 0.0902. The highest BCUT2D eigenvalue weighted by molar-refractivity contribution is 7.89. The number of hydrogen-bond donors (Lipinski definition) is 1. The average Bonchev–Trinajstić information content (AvgIpc) is 2.95. The minimum Gasteiger partial charge on any atom is -0.360 e. The fraction of sp³-hybridized carbons (Fsp3) is 0.500. The number of sulfonamides is 1. The number of nitrogens with zero attached hydrogens (tertiary/aromatic N) is 3. The fourth-order valence-corrected chi connectivity index (χ4v) is 5.61. The summed E-state index contributed by atoms with van der Waals surface area (Å²) in [6.07, 6.45) is 0.492. The Labute approximate surface area is 188 Å². The Hall–Kier alpha value is -2.72. The zero-order chi connectivity index (χ0) is 23.5. The first-order valence-electron chi connectivity index (χ1n) is 10.7. The van der Waals surface area contributed by atoms with Gasteiger partial charge < -0.3 is 14.7 Å². The predicted octanol–water partition coefficient (Wildman–Crippen LogP) is 1.97. The van der Waals surface area contributed by atoms with Crippen molar-refractivity contribution in [1.29, 1.82) is 0 Å². The van der Waals surface area contributed by atoms with Crippen molar-refractivity contribution in [1.82, 2.24) is 19.7 Å². The normalized spacial score (nSPS) is 16.6. The quantitative estimate of drug-likeness (QED) is 0.702. The van der Waals surface area contributed by atoms with E-state index in [1.165, 1.54) is 4.31 Å². The molecule has 2 amide bonds. The molecule has 32 heavy (non-hydrogen) atoms. The van der Waals surface area contributed by atoms with E-state index in [-0.39, 0.29) is 41.5 Å². The number of amides is 2. The maximum atomic E-state index is 13.3. The number of nitrogens with one attached hydrogen (secondary N) is 1. The van der Waals surface area contributed by atoms with Crippen LogP contribution in [-0.2, 0) is 14.8 Å². The molecule has 9 nitrogen and oxygen atoms in total. The molecule has 1 aromatic heterocycles. The third-order valence-electron chi connectivity index (χ3n) is 5.59. The first-order valence-corrected chi connectivity index (χ1v) is 12.1. The molecule has 0 saturated carbocycles. The molecular weight excluding hydrogens is 432 g/mol. The zero-order valence-electron chi connectivity index (χ0n) is 18.9. The Bertz CT molecular complexity index is 1050. The summed E-state index contributed by atoms with van der Waals surface area (Å²) in [5.41, 5.74) is 0.807. The summed E-state index contributed by atoms with van der Waals surface area (Å²) in [5.74, 6) is -0.389. The van der Waals surface area contributed by atoms with Gasteiger partial charge in [0, 0.05) is 31.7 Å². The first kappa shape index (κ1) is 23.9. The highest BCUT2D eigenvalue weighted by Gasteiger charge is 2.35. The molecular formula is C22H30N4O5S. The molecule has 1 saturated heterocycles. The second-order valence-corrected chi connectivity index (χ2v) is 10.2. The van der Waals surface area contributed by atoms with Crippen LogP contribution in [0.4, 0.5) is 0 Å². The van der Waals surface area contributed by atoms with Gasteiger partial charge in [-0.2, -0.15) is 4.31 Å². The van der Waals surface area contributed by atoms with E-state index in [0.29, 0.717) is 30.8 Å². The second kappa shape index (κ2) is 9.83.